The number of fused-ring (bicyclic) bond motifs is 1. The molecule has 28 heavy (non-hydrogen) atoms. The number of amides is 1. The van der Waals surface area contributed by atoms with Gasteiger partial charge in [0.25, 0.3) is 5.91 Å². The molecular weight excluding hydrogens is 356 g/mol. The third-order valence-electron chi connectivity index (χ3n) is 5.23. The highest BCUT2D eigenvalue weighted by atomic mass is 16.6. The van der Waals surface area contributed by atoms with Gasteiger partial charge in [-0.15, -0.1) is 0 Å². The predicted molar refractivity (Wildman–Crippen MR) is 106 cm³/mol. The first-order chi connectivity index (χ1) is 13.7. The van der Waals surface area contributed by atoms with Crippen LogP contribution in [0.4, 0.5) is 0 Å². The van der Waals surface area contributed by atoms with E-state index >= 15 is 0 Å². The summed E-state index contributed by atoms with van der Waals surface area (Å²) in [4.78, 5) is 12.6. The van der Waals surface area contributed by atoms with E-state index in [4.69, 9.17) is 19.9 Å². The third-order valence-corrected chi connectivity index (χ3v) is 5.23. The molecule has 1 fully saturated rings. The molecule has 6 heteroatoms. The lowest BCUT2D eigenvalue weighted by Crippen LogP contribution is -2.49. The summed E-state index contributed by atoms with van der Waals surface area (Å²) >= 11 is 0. The van der Waals surface area contributed by atoms with Crippen LogP contribution in [0.3, 0.4) is 0 Å². The molecule has 1 saturated carbocycles. The van der Waals surface area contributed by atoms with Crippen molar-refractivity contribution in [3.8, 4) is 17.2 Å². The lowest BCUT2D eigenvalue weighted by molar-refractivity contribution is -0.131. The van der Waals surface area contributed by atoms with Crippen molar-refractivity contribution < 1.29 is 19.0 Å². The fourth-order valence-corrected chi connectivity index (χ4v) is 3.57. The van der Waals surface area contributed by atoms with Gasteiger partial charge in [-0.25, -0.2) is 0 Å². The summed E-state index contributed by atoms with van der Waals surface area (Å²) in [6, 6.07) is 15.8. The molecule has 1 amide bonds. The van der Waals surface area contributed by atoms with Crippen LogP contribution in [0.1, 0.15) is 31.2 Å². The molecule has 1 heterocycles. The Hall–Kier alpha value is -2.73. The molecule has 0 radical (unpaired) electrons. The van der Waals surface area contributed by atoms with Crippen LogP contribution in [0.15, 0.2) is 48.5 Å². The number of nitrogens with two attached hydrogens (primary N) is 1. The SMILES string of the molecule is N[C@H]1CC[C@@H](NC(=O)C2COc3ccc(OCc4ccccc4)cc3O2)CC1. The van der Waals surface area contributed by atoms with Gasteiger partial charge in [-0.3, -0.25) is 4.79 Å². The van der Waals surface area contributed by atoms with Gasteiger partial charge in [0, 0.05) is 18.2 Å². The maximum absolute atomic E-state index is 12.6. The molecule has 2 aliphatic rings. The number of hydrogen-bond acceptors (Lipinski definition) is 5. The van der Waals surface area contributed by atoms with Gasteiger partial charge in [0.1, 0.15) is 19.0 Å². The average Bonchev–Trinajstić information content (AvgIpc) is 2.74. The van der Waals surface area contributed by atoms with E-state index in [1.54, 1.807) is 6.07 Å². The van der Waals surface area contributed by atoms with Crippen molar-refractivity contribution in [3.63, 3.8) is 0 Å². The van der Waals surface area contributed by atoms with Crippen LogP contribution >= 0.6 is 0 Å². The van der Waals surface area contributed by atoms with E-state index in [-0.39, 0.29) is 24.6 Å². The Morgan fingerprint density at radius 2 is 1.86 bits per heavy atom. The number of carbonyl (C=O) groups is 1. The smallest absolute Gasteiger partial charge is 0.264 e. The average molecular weight is 382 g/mol. The number of nitrogens with one attached hydrogen (secondary N) is 1. The summed E-state index contributed by atoms with van der Waals surface area (Å²) in [5.74, 6) is 1.69. The van der Waals surface area contributed by atoms with Crippen LogP contribution in [-0.4, -0.2) is 30.7 Å². The number of carbonyl (C=O) groups excluding carboxylic acids is 1. The standard InChI is InChI=1S/C22H26N2O4/c23-16-6-8-17(9-7-16)24-22(25)21-14-27-19-11-10-18(12-20(19)28-21)26-13-15-4-2-1-3-5-15/h1-5,10-12,16-17,21H,6-9,13-14,23H2,(H,24,25)/t16-,17+,21?. The molecule has 2 aromatic rings. The van der Waals surface area contributed by atoms with Gasteiger partial charge < -0.3 is 25.3 Å². The van der Waals surface area contributed by atoms with E-state index in [9.17, 15) is 4.79 Å². The lowest BCUT2D eigenvalue weighted by atomic mass is 9.92. The minimum atomic E-state index is -0.660. The highest BCUT2D eigenvalue weighted by Gasteiger charge is 2.30. The first-order valence-corrected chi connectivity index (χ1v) is 9.83. The number of ether oxygens (including phenoxy) is 3. The van der Waals surface area contributed by atoms with Crippen LogP contribution in [0, 0.1) is 0 Å². The zero-order valence-electron chi connectivity index (χ0n) is 15.8. The Morgan fingerprint density at radius 3 is 2.64 bits per heavy atom. The Balaban J connectivity index is 1.35. The second-order valence-electron chi connectivity index (χ2n) is 7.42. The number of benzene rings is 2. The molecule has 0 bridgehead atoms. The normalized spacial score (nSPS) is 23.7. The van der Waals surface area contributed by atoms with Crippen LogP contribution in [0.2, 0.25) is 0 Å². The molecule has 0 saturated heterocycles. The highest BCUT2D eigenvalue weighted by molar-refractivity contribution is 5.82. The van der Waals surface area contributed by atoms with E-state index in [0.29, 0.717) is 23.9 Å². The van der Waals surface area contributed by atoms with Crippen molar-refractivity contribution in [1.29, 1.82) is 0 Å². The van der Waals surface area contributed by atoms with E-state index < -0.39 is 6.10 Å². The van der Waals surface area contributed by atoms with E-state index in [1.165, 1.54) is 0 Å². The quantitative estimate of drug-likeness (QED) is 0.831. The van der Waals surface area contributed by atoms with Gasteiger partial charge in [0.2, 0.25) is 6.10 Å². The van der Waals surface area contributed by atoms with E-state index in [2.05, 4.69) is 5.32 Å². The molecule has 1 aliphatic heterocycles. The molecule has 6 nitrogen and oxygen atoms in total. The Bertz CT molecular complexity index is 803. The van der Waals surface area contributed by atoms with Gasteiger partial charge >= 0.3 is 0 Å². The van der Waals surface area contributed by atoms with Crippen LogP contribution in [0.25, 0.3) is 0 Å². The fourth-order valence-electron chi connectivity index (χ4n) is 3.57. The maximum Gasteiger partial charge on any atom is 0.264 e. The van der Waals surface area contributed by atoms with Crippen LogP contribution in [0.5, 0.6) is 17.2 Å². The van der Waals surface area contributed by atoms with E-state index in [1.807, 2.05) is 42.5 Å². The number of rotatable bonds is 5. The van der Waals surface area contributed by atoms with Gasteiger partial charge in [-0.2, -0.15) is 0 Å². The second kappa shape index (κ2) is 8.52. The van der Waals surface area contributed by atoms with Crippen molar-refractivity contribution in [3.05, 3.63) is 54.1 Å². The minimum Gasteiger partial charge on any atom is -0.489 e. The van der Waals surface area contributed by atoms with Gasteiger partial charge in [0.05, 0.1) is 0 Å². The molecular formula is C22H26N2O4. The van der Waals surface area contributed by atoms with Crippen LogP contribution < -0.4 is 25.3 Å². The summed E-state index contributed by atoms with van der Waals surface area (Å²) in [7, 11) is 0. The van der Waals surface area contributed by atoms with Crippen molar-refractivity contribution in [2.75, 3.05) is 6.61 Å². The second-order valence-corrected chi connectivity index (χ2v) is 7.42. The first-order valence-electron chi connectivity index (χ1n) is 9.83. The minimum absolute atomic E-state index is 0.137. The Labute approximate surface area is 165 Å². The first kappa shape index (κ1) is 18.6. The molecule has 148 valence electrons. The lowest BCUT2D eigenvalue weighted by Gasteiger charge is -2.30. The van der Waals surface area contributed by atoms with Crippen LogP contribution in [-0.2, 0) is 11.4 Å². The molecule has 1 unspecified atom stereocenters. The van der Waals surface area contributed by atoms with Crippen molar-refractivity contribution in [2.45, 2.75) is 50.5 Å². The fraction of sp³-hybridized carbons (Fsp3) is 0.409. The van der Waals surface area contributed by atoms with Crippen molar-refractivity contribution >= 4 is 5.91 Å². The van der Waals surface area contributed by atoms with Crippen molar-refractivity contribution in [2.24, 2.45) is 5.73 Å². The predicted octanol–water partition coefficient (Wildman–Crippen LogP) is 2.79. The molecule has 2 aromatic carbocycles. The zero-order valence-corrected chi connectivity index (χ0v) is 15.8. The maximum atomic E-state index is 12.6. The molecule has 3 N–H and O–H groups in total. The Morgan fingerprint density at radius 1 is 1.07 bits per heavy atom. The summed E-state index contributed by atoms with van der Waals surface area (Å²) in [6.07, 6.45) is 3.05. The molecule has 1 aliphatic carbocycles. The third kappa shape index (κ3) is 4.57. The topological polar surface area (TPSA) is 82.8 Å². The Kier molecular flexibility index (Phi) is 5.67. The van der Waals surface area contributed by atoms with Crippen molar-refractivity contribution in [1.82, 2.24) is 5.32 Å². The molecule has 0 aromatic heterocycles. The summed E-state index contributed by atoms with van der Waals surface area (Å²) in [5.41, 5.74) is 7.02. The molecule has 0 spiro atoms. The van der Waals surface area contributed by atoms with Gasteiger partial charge in [-0.05, 0) is 43.4 Å². The van der Waals surface area contributed by atoms with E-state index in [0.717, 1.165) is 31.2 Å². The van der Waals surface area contributed by atoms with Gasteiger partial charge in [-0.1, -0.05) is 30.3 Å². The van der Waals surface area contributed by atoms with Gasteiger partial charge in [0.15, 0.2) is 11.5 Å². The molecule has 1 atom stereocenters. The monoisotopic (exact) mass is 382 g/mol. The largest absolute Gasteiger partial charge is 0.489 e. The zero-order chi connectivity index (χ0) is 19.3. The number of hydrogen-bond donors (Lipinski definition) is 2. The highest BCUT2D eigenvalue weighted by Crippen LogP contribution is 2.35. The summed E-state index contributed by atoms with van der Waals surface area (Å²) < 4.78 is 17.5. The molecule has 4 rings (SSSR count). The summed E-state index contributed by atoms with van der Waals surface area (Å²) in [5, 5.41) is 3.07. The summed E-state index contributed by atoms with van der Waals surface area (Å²) in [6.45, 7) is 0.670.